The third-order valence-electron chi connectivity index (χ3n) is 4.35. The quantitative estimate of drug-likeness (QED) is 0.874. The lowest BCUT2D eigenvalue weighted by molar-refractivity contribution is -0.135. The summed E-state index contributed by atoms with van der Waals surface area (Å²) in [6, 6.07) is 8.85. The molecule has 1 aromatic carbocycles. The molecule has 0 radical (unpaired) electrons. The van der Waals surface area contributed by atoms with E-state index in [1.165, 1.54) is 11.1 Å². The maximum atomic E-state index is 12.6. The van der Waals surface area contributed by atoms with Gasteiger partial charge in [-0.3, -0.25) is 9.69 Å². The molecule has 0 spiro atoms. The summed E-state index contributed by atoms with van der Waals surface area (Å²) in [6.07, 6.45) is 2.13. The van der Waals surface area contributed by atoms with Crippen LogP contribution >= 0.6 is 0 Å². The van der Waals surface area contributed by atoms with Crippen LogP contribution in [0.3, 0.4) is 0 Å². The maximum absolute atomic E-state index is 12.6. The minimum absolute atomic E-state index is 0.155. The number of hydrogen-bond donors (Lipinski definition) is 1. The minimum Gasteiger partial charge on any atom is -0.332 e. The van der Waals surface area contributed by atoms with Gasteiger partial charge in [-0.15, -0.1) is 0 Å². The highest BCUT2D eigenvalue weighted by atomic mass is 16.2. The molecule has 0 aromatic heterocycles. The summed E-state index contributed by atoms with van der Waals surface area (Å²) >= 11 is 0. The fourth-order valence-electron chi connectivity index (χ4n) is 3.06. The molecule has 22 heavy (non-hydrogen) atoms. The third kappa shape index (κ3) is 4.31. The lowest BCUT2D eigenvalue weighted by Crippen LogP contribution is -2.51. The number of carbonyl (C=O) groups is 1. The van der Waals surface area contributed by atoms with E-state index in [0.29, 0.717) is 6.54 Å². The van der Waals surface area contributed by atoms with Crippen LogP contribution in [-0.4, -0.2) is 55.5 Å². The van der Waals surface area contributed by atoms with Gasteiger partial charge in [0.25, 0.3) is 0 Å². The topological polar surface area (TPSA) is 35.6 Å². The molecule has 1 aromatic rings. The van der Waals surface area contributed by atoms with Crippen LogP contribution in [0.1, 0.15) is 37.4 Å². The summed E-state index contributed by atoms with van der Waals surface area (Å²) < 4.78 is 0. The van der Waals surface area contributed by atoms with Crippen molar-refractivity contribution in [1.82, 2.24) is 15.1 Å². The van der Waals surface area contributed by atoms with Crippen LogP contribution in [0.2, 0.25) is 0 Å². The van der Waals surface area contributed by atoms with Crippen molar-refractivity contribution in [1.29, 1.82) is 0 Å². The molecule has 1 atom stereocenters. The molecule has 1 amide bonds. The monoisotopic (exact) mass is 303 g/mol. The van der Waals surface area contributed by atoms with Crippen molar-refractivity contribution >= 4 is 5.91 Å². The van der Waals surface area contributed by atoms with Crippen LogP contribution < -0.4 is 5.32 Å². The molecule has 1 aliphatic heterocycles. The zero-order valence-corrected chi connectivity index (χ0v) is 14.1. The molecule has 1 aliphatic rings. The van der Waals surface area contributed by atoms with Crippen LogP contribution in [0, 0.1) is 0 Å². The molecule has 122 valence electrons. The van der Waals surface area contributed by atoms with E-state index in [4.69, 9.17) is 0 Å². The van der Waals surface area contributed by atoms with Gasteiger partial charge in [-0.2, -0.15) is 0 Å². The summed E-state index contributed by atoms with van der Waals surface area (Å²) in [4.78, 5) is 16.8. The first kappa shape index (κ1) is 17.0. The van der Waals surface area contributed by atoms with Crippen LogP contribution in [0.25, 0.3) is 0 Å². The highest BCUT2D eigenvalue weighted by Gasteiger charge is 2.28. The second-order valence-corrected chi connectivity index (χ2v) is 6.14. The van der Waals surface area contributed by atoms with Gasteiger partial charge in [0.15, 0.2) is 0 Å². The normalized spacial score (nSPS) is 18.7. The van der Waals surface area contributed by atoms with E-state index in [0.717, 1.165) is 39.0 Å². The van der Waals surface area contributed by atoms with Crippen molar-refractivity contribution in [2.24, 2.45) is 0 Å². The Hall–Kier alpha value is -1.39. The molecule has 1 saturated heterocycles. The molecule has 0 saturated carbocycles. The van der Waals surface area contributed by atoms with E-state index >= 15 is 0 Å². The first-order valence-corrected chi connectivity index (χ1v) is 8.43. The van der Waals surface area contributed by atoms with E-state index in [9.17, 15) is 4.79 Å². The minimum atomic E-state index is 0.155. The molecule has 0 aliphatic carbocycles. The molecule has 1 fully saturated rings. The van der Waals surface area contributed by atoms with Gasteiger partial charge in [-0.05, 0) is 37.6 Å². The number of rotatable bonds is 6. The van der Waals surface area contributed by atoms with E-state index in [2.05, 4.69) is 48.3 Å². The second kappa shape index (κ2) is 8.30. The predicted molar refractivity (Wildman–Crippen MR) is 90.9 cm³/mol. The van der Waals surface area contributed by atoms with Gasteiger partial charge in [-0.25, -0.2) is 0 Å². The van der Waals surface area contributed by atoms with E-state index in [1.54, 1.807) is 0 Å². The maximum Gasteiger partial charge on any atom is 0.237 e. The second-order valence-electron chi connectivity index (χ2n) is 6.14. The zero-order valence-electron chi connectivity index (χ0n) is 14.1. The van der Waals surface area contributed by atoms with Gasteiger partial charge in [0.05, 0.1) is 12.6 Å². The number of likely N-dealkylation sites (N-methyl/N-ethyl adjacent to an activating group) is 1. The Morgan fingerprint density at radius 2 is 2.05 bits per heavy atom. The smallest absolute Gasteiger partial charge is 0.237 e. The summed E-state index contributed by atoms with van der Waals surface area (Å²) in [5.74, 6) is 0.238. The predicted octanol–water partition coefficient (Wildman–Crippen LogP) is 2.06. The number of piperazine rings is 1. The van der Waals surface area contributed by atoms with Crippen molar-refractivity contribution < 1.29 is 4.79 Å². The van der Waals surface area contributed by atoms with Crippen molar-refractivity contribution in [3.63, 3.8) is 0 Å². The number of carbonyl (C=O) groups excluding carboxylic acids is 1. The lowest BCUT2D eigenvalue weighted by atomic mass is 10.0. The van der Waals surface area contributed by atoms with Crippen molar-refractivity contribution in [2.75, 3.05) is 39.8 Å². The van der Waals surface area contributed by atoms with Gasteiger partial charge in [0, 0.05) is 19.6 Å². The van der Waals surface area contributed by atoms with Gasteiger partial charge in [0.1, 0.15) is 0 Å². The first-order valence-electron chi connectivity index (χ1n) is 8.43. The Balaban J connectivity index is 2.08. The largest absolute Gasteiger partial charge is 0.332 e. The Morgan fingerprint density at radius 1 is 1.32 bits per heavy atom. The average Bonchev–Trinajstić information content (AvgIpc) is 2.55. The fourth-order valence-corrected chi connectivity index (χ4v) is 3.06. The van der Waals surface area contributed by atoms with E-state index < -0.39 is 0 Å². The number of hydrogen-bond acceptors (Lipinski definition) is 3. The van der Waals surface area contributed by atoms with E-state index in [1.807, 2.05) is 11.9 Å². The Kier molecular flexibility index (Phi) is 6.40. The molecule has 2 rings (SSSR count). The molecular weight excluding hydrogens is 274 g/mol. The summed E-state index contributed by atoms with van der Waals surface area (Å²) in [5, 5.41) is 3.42. The molecule has 0 bridgehead atoms. The molecular formula is C18H29N3O. The molecule has 1 heterocycles. The van der Waals surface area contributed by atoms with Crippen molar-refractivity contribution in [3.8, 4) is 0 Å². The third-order valence-corrected chi connectivity index (χ3v) is 4.35. The van der Waals surface area contributed by atoms with Gasteiger partial charge >= 0.3 is 0 Å². The Morgan fingerprint density at radius 3 is 2.68 bits per heavy atom. The molecule has 1 unspecified atom stereocenters. The SMILES string of the molecule is CCCN(C)CC(=O)N1CCNCC1c1ccc(CC)cc1. The fraction of sp³-hybridized carbons (Fsp3) is 0.611. The van der Waals surface area contributed by atoms with Gasteiger partial charge < -0.3 is 10.2 Å². The van der Waals surface area contributed by atoms with E-state index in [-0.39, 0.29) is 11.9 Å². The molecule has 4 nitrogen and oxygen atoms in total. The Labute approximate surface area is 134 Å². The summed E-state index contributed by atoms with van der Waals surface area (Å²) in [7, 11) is 2.02. The highest BCUT2D eigenvalue weighted by Crippen LogP contribution is 2.23. The number of aryl methyl sites for hydroxylation is 1. The standard InChI is InChI=1S/C18H29N3O/c1-4-11-20(3)14-18(22)21-12-10-19-13-17(21)16-8-6-15(5-2)7-9-16/h6-9,17,19H,4-5,10-14H2,1-3H3. The first-order chi connectivity index (χ1) is 10.7. The Bertz CT molecular complexity index is 472. The number of nitrogens with one attached hydrogen (secondary N) is 1. The molecule has 1 N–H and O–H groups in total. The van der Waals surface area contributed by atoms with Crippen molar-refractivity contribution in [3.05, 3.63) is 35.4 Å². The number of benzene rings is 1. The van der Waals surface area contributed by atoms with Crippen LogP contribution in [-0.2, 0) is 11.2 Å². The molecule has 4 heteroatoms. The summed E-state index contributed by atoms with van der Waals surface area (Å²) in [5.41, 5.74) is 2.57. The zero-order chi connectivity index (χ0) is 15.9. The lowest BCUT2D eigenvalue weighted by Gasteiger charge is -2.37. The van der Waals surface area contributed by atoms with Crippen LogP contribution in [0.4, 0.5) is 0 Å². The average molecular weight is 303 g/mol. The summed E-state index contributed by atoms with van der Waals surface area (Å²) in [6.45, 7) is 8.30. The van der Waals surface area contributed by atoms with Gasteiger partial charge in [0.2, 0.25) is 5.91 Å². The number of amides is 1. The van der Waals surface area contributed by atoms with Crippen LogP contribution in [0.15, 0.2) is 24.3 Å². The van der Waals surface area contributed by atoms with Crippen molar-refractivity contribution in [2.45, 2.75) is 32.7 Å². The number of nitrogens with zero attached hydrogens (tertiary/aromatic N) is 2. The van der Waals surface area contributed by atoms with Gasteiger partial charge in [-0.1, -0.05) is 38.1 Å². The highest BCUT2D eigenvalue weighted by molar-refractivity contribution is 5.79. The van der Waals surface area contributed by atoms with Crippen LogP contribution in [0.5, 0.6) is 0 Å².